The third kappa shape index (κ3) is 6.25. The van der Waals surface area contributed by atoms with Gasteiger partial charge in [0.05, 0.1) is 0 Å². The minimum atomic E-state index is -0.494. The van der Waals surface area contributed by atoms with Crippen LogP contribution < -0.4 is 10.1 Å². The van der Waals surface area contributed by atoms with Gasteiger partial charge in [-0.25, -0.2) is 0 Å². The Morgan fingerprint density at radius 3 is 2.81 bits per heavy atom. The quantitative estimate of drug-likeness (QED) is 0.810. The van der Waals surface area contributed by atoms with E-state index in [1.807, 2.05) is 12.1 Å². The fraction of sp³-hybridized carbons (Fsp3) is 0.647. The average Bonchev–Trinajstić information content (AvgIpc) is 2.47. The van der Waals surface area contributed by atoms with Gasteiger partial charge in [0.2, 0.25) is 0 Å². The molecule has 1 aliphatic rings. The molecule has 0 amide bonds. The monoisotopic (exact) mass is 311 g/mol. The van der Waals surface area contributed by atoms with E-state index in [0.717, 1.165) is 18.4 Å². The summed E-state index contributed by atoms with van der Waals surface area (Å²) < 4.78 is 5.53. The number of aliphatic hydroxyl groups excluding tert-OH is 1. The zero-order valence-corrected chi connectivity index (χ0v) is 13.5. The van der Waals surface area contributed by atoms with E-state index in [1.54, 1.807) is 12.1 Å². The highest BCUT2D eigenvalue weighted by molar-refractivity contribution is 6.30. The highest BCUT2D eigenvalue weighted by Gasteiger charge is 2.18. The zero-order valence-electron chi connectivity index (χ0n) is 12.7. The number of ether oxygens (including phenoxy) is 1. The number of benzene rings is 1. The van der Waals surface area contributed by atoms with Gasteiger partial charge < -0.3 is 15.2 Å². The van der Waals surface area contributed by atoms with Crippen LogP contribution in [0.5, 0.6) is 5.75 Å². The second kappa shape index (κ2) is 8.62. The summed E-state index contributed by atoms with van der Waals surface area (Å²) in [6, 6.07) is 7.24. The Hall–Kier alpha value is -0.770. The van der Waals surface area contributed by atoms with Crippen LogP contribution >= 0.6 is 11.6 Å². The lowest BCUT2D eigenvalue weighted by molar-refractivity contribution is 0.104. The van der Waals surface area contributed by atoms with E-state index in [9.17, 15) is 5.11 Å². The third-order valence-electron chi connectivity index (χ3n) is 4.19. The summed E-state index contributed by atoms with van der Waals surface area (Å²) in [5.41, 5.74) is 0. The second-order valence-electron chi connectivity index (χ2n) is 6.21. The molecule has 0 aliphatic heterocycles. The first-order valence-corrected chi connectivity index (χ1v) is 8.28. The van der Waals surface area contributed by atoms with Gasteiger partial charge in [-0.15, -0.1) is 0 Å². The molecule has 3 nitrogen and oxygen atoms in total. The summed E-state index contributed by atoms with van der Waals surface area (Å²) >= 11 is 5.89. The van der Waals surface area contributed by atoms with Gasteiger partial charge >= 0.3 is 0 Å². The van der Waals surface area contributed by atoms with Gasteiger partial charge in [-0.3, -0.25) is 0 Å². The van der Waals surface area contributed by atoms with Crippen LogP contribution in [0.25, 0.3) is 0 Å². The van der Waals surface area contributed by atoms with Gasteiger partial charge in [-0.1, -0.05) is 37.4 Å². The molecule has 1 aliphatic carbocycles. The van der Waals surface area contributed by atoms with E-state index in [0.29, 0.717) is 17.3 Å². The van der Waals surface area contributed by atoms with Crippen LogP contribution in [0.1, 0.15) is 32.6 Å². The molecule has 1 fully saturated rings. The van der Waals surface area contributed by atoms with Crippen molar-refractivity contribution >= 4 is 11.6 Å². The SMILES string of the molecule is CC1CCC(CNCC(O)COc2cccc(Cl)c2)CC1. The van der Waals surface area contributed by atoms with Crippen molar-refractivity contribution in [2.45, 2.75) is 38.7 Å². The number of rotatable bonds is 7. The van der Waals surface area contributed by atoms with Gasteiger partial charge in [0.1, 0.15) is 18.5 Å². The van der Waals surface area contributed by atoms with Gasteiger partial charge in [0.25, 0.3) is 0 Å². The fourth-order valence-corrected chi connectivity index (χ4v) is 2.98. The molecule has 2 rings (SSSR count). The molecule has 1 aromatic rings. The maximum atomic E-state index is 9.93. The summed E-state index contributed by atoms with van der Waals surface area (Å²) in [4.78, 5) is 0. The molecule has 0 spiro atoms. The van der Waals surface area contributed by atoms with Gasteiger partial charge in [-0.2, -0.15) is 0 Å². The van der Waals surface area contributed by atoms with E-state index in [2.05, 4.69) is 12.2 Å². The van der Waals surface area contributed by atoms with E-state index in [4.69, 9.17) is 16.3 Å². The Labute approximate surface area is 132 Å². The van der Waals surface area contributed by atoms with Crippen molar-refractivity contribution in [3.8, 4) is 5.75 Å². The maximum absolute atomic E-state index is 9.93. The normalized spacial score (nSPS) is 23.8. The first-order valence-electron chi connectivity index (χ1n) is 7.90. The molecule has 0 heterocycles. The molecule has 118 valence electrons. The number of halogens is 1. The summed E-state index contributed by atoms with van der Waals surface area (Å²) in [6.07, 6.45) is 4.80. The first kappa shape index (κ1) is 16.6. The Balaban J connectivity index is 1.58. The minimum absolute atomic E-state index is 0.287. The first-order chi connectivity index (χ1) is 10.1. The highest BCUT2D eigenvalue weighted by atomic mass is 35.5. The van der Waals surface area contributed by atoms with Crippen molar-refractivity contribution in [1.82, 2.24) is 5.32 Å². The van der Waals surface area contributed by atoms with Crippen molar-refractivity contribution in [3.05, 3.63) is 29.3 Å². The molecule has 0 saturated heterocycles. The third-order valence-corrected chi connectivity index (χ3v) is 4.42. The standard InChI is InChI=1S/C17H26ClNO2/c1-13-5-7-14(8-6-13)10-19-11-16(20)12-21-17-4-2-3-15(18)9-17/h2-4,9,13-14,16,19-20H,5-8,10-12H2,1H3. The van der Waals surface area contributed by atoms with Crippen LogP contribution in [0.2, 0.25) is 5.02 Å². The lowest BCUT2D eigenvalue weighted by Gasteiger charge is -2.26. The molecule has 0 aromatic heterocycles. The molecule has 4 heteroatoms. The Morgan fingerprint density at radius 1 is 1.33 bits per heavy atom. The average molecular weight is 312 g/mol. The van der Waals surface area contributed by atoms with E-state index in [-0.39, 0.29) is 6.61 Å². The minimum Gasteiger partial charge on any atom is -0.491 e. The molecular formula is C17H26ClNO2. The Kier molecular flexibility index (Phi) is 6.81. The fourth-order valence-electron chi connectivity index (χ4n) is 2.80. The predicted molar refractivity (Wildman–Crippen MR) is 86.9 cm³/mol. The summed E-state index contributed by atoms with van der Waals surface area (Å²) in [5, 5.41) is 13.9. The lowest BCUT2D eigenvalue weighted by Crippen LogP contribution is -2.35. The largest absolute Gasteiger partial charge is 0.491 e. The summed E-state index contributed by atoms with van der Waals surface area (Å²) in [6.45, 7) is 4.20. The van der Waals surface area contributed by atoms with E-state index >= 15 is 0 Å². The van der Waals surface area contributed by atoms with Crippen molar-refractivity contribution in [3.63, 3.8) is 0 Å². The summed E-state index contributed by atoms with van der Waals surface area (Å²) in [5.74, 6) is 2.35. The van der Waals surface area contributed by atoms with Crippen LogP contribution in [-0.4, -0.2) is 30.9 Å². The lowest BCUT2D eigenvalue weighted by atomic mass is 9.83. The molecule has 0 bridgehead atoms. The zero-order chi connectivity index (χ0) is 15.1. The van der Waals surface area contributed by atoms with E-state index in [1.165, 1.54) is 25.7 Å². The second-order valence-corrected chi connectivity index (χ2v) is 6.64. The molecule has 1 unspecified atom stereocenters. The van der Waals surface area contributed by atoms with Crippen molar-refractivity contribution in [2.24, 2.45) is 11.8 Å². The highest BCUT2D eigenvalue weighted by Crippen LogP contribution is 2.27. The predicted octanol–water partition coefficient (Wildman–Crippen LogP) is 3.50. The van der Waals surface area contributed by atoms with Crippen molar-refractivity contribution in [2.75, 3.05) is 19.7 Å². The molecule has 1 saturated carbocycles. The number of aliphatic hydroxyl groups is 1. The molecule has 21 heavy (non-hydrogen) atoms. The van der Waals surface area contributed by atoms with Gasteiger partial charge in [0.15, 0.2) is 0 Å². The molecule has 1 aromatic carbocycles. The van der Waals surface area contributed by atoms with Crippen LogP contribution in [0, 0.1) is 11.8 Å². The van der Waals surface area contributed by atoms with Crippen LogP contribution in [0.4, 0.5) is 0 Å². The van der Waals surface area contributed by atoms with Crippen LogP contribution in [-0.2, 0) is 0 Å². The number of nitrogens with one attached hydrogen (secondary N) is 1. The molecular weight excluding hydrogens is 286 g/mol. The van der Waals surface area contributed by atoms with Gasteiger partial charge in [-0.05, 0) is 49.4 Å². The number of hydrogen-bond acceptors (Lipinski definition) is 3. The Morgan fingerprint density at radius 2 is 2.10 bits per heavy atom. The van der Waals surface area contributed by atoms with E-state index < -0.39 is 6.10 Å². The molecule has 1 atom stereocenters. The maximum Gasteiger partial charge on any atom is 0.120 e. The van der Waals surface area contributed by atoms with Crippen LogP contribution in [0.3, 0.4) is 0 Å². The van der Waals surface area contributed by atoms with Crippen molar-refractivity contribution < 1.29 is 9.84 Å². The molecule has 0 radical (unpaired) electrons. The van der Waals surface area contributed by atoms with Crippen molar-refractivity contribution in [1.29, 1.82) is 0 Å². The topological polar surface area (TPSA) is 41.5 Å². The van der Waals surface area contributed by atoms with Crippen LogP contribution in [0.15, 0.2) is 24.3 Å². The number of hydrogen-bond donors (Lipinski definition) is 2. The summed E-state index contributed by atoms with van der Waals surface area (Å²) in [7, 11) is 0. The Bertz CT molecular complexity index is 419. The smallest absolute Gasteiger partial charge is 0.120 e. The van der Waals surface area contributed by atoms with Gasteiger partial charge in [0, 0.05) is 11.6 Å². The molecule has 2 N–H and O–H groups in total.